The average Bonchev–Trinajstić information content (AvgIpc) is 1.83. The van der Waals surface area contributed by atoms with Crippen LogP contribution in [-0.4, -0.2) is 15.1 Å². The number of anilines is 1. The van der Waals surface area contributed by atoms with Crippen molar-refractivity contribution in [2.45, 2.75) is 0 Å². The molecule has 0 saturated heterocycles. The second kappa shape index (κ2) is 1.73. The highest BCUT2D eigenvalue weighted by molar-refractivity contribution is 5.29. The average molecular weight is 127 g/mol. The van der Waals surface area contributed by atoms with E-state index in [1.165, 1.54) is 0 Å². The Balaban J connectivity index is 3.43. The predicted octanol–water partition coefficient (Wildman–Crippen LogP) is -2.07. The smallest absolute Gasteiger partial charge is 0.311 e. The third-order valence-corrected chi connectivity index (χ3v) is 0.800. The van der Waals surface area contributed by atoms with Crippen LogP contribution in [0, 0.1) is 0 Å². The fourth-order valence-electron chi connectivity index (χ4n) is 0.372. The van der Waals surface area contributed by atoms with Crippen LogP contribution < -0.4 is 17.1 Å². The Morgan fingerprint density at radius 2 is 2.33 bits per heavy atom. The van der Waals surface area contributed by atoms with Crippen molar-refractivity contribution in [1.29, 1.82) is 0 Å². The molecule has 6 nitrogen and oxygen atoms in total. The fourth-order valence-corrected chi connectivity index (χ4v) is 0.372. The van der Waals surface area contributed by atoms with Gasteiger partial charge in [0.2, 0.25) is 0 Å². The molecular formula is C3H5N5O. The third-order valence-electron chi connectivity index (χ3n) is 0.800. The van der Waals surface area contributed by atoms with Gasteiger partial charge in [-0.15, -0.1) is 9.89 Å². The first-order valence-corrected chi connectivity index (χ1v) is 2.17. The predicted molar refractivity (Wildman–Crippen MR) is 30.9 cm³/mol. The van der Waals surface area contributed by atoms with Gasteiger partial charge in [0, 0.05) is 0 Å². The summed E-state index contributed by atoms with van der Waals surface area (Å²) >= 11 is 0. The Morgan fingerprint density at radius 3 is 2.78 bits per heavy atom. The molecule has 1 aromatic heterocycles. The first-order valence-electron chi connectivity index (χ1n) is 2.17. The number of hydrogen-bond donors (Lipinski definition) is 2. The second-order valence-corrected chi connectivity index (χ2v) is 1.44. The molecule has 1 aromatic rings. The topological polar surface area (TPSA) is 99.8 Å². The summed E-state index contributed by atoms with van der Waals surface area (Å²) in [4.78, 5) is 11.2. The van der Waals surface area contributed by atoms with Crippen LogP contribution in [0.25, 0.3) is 0 Å². The molecule has 1 rings (SSSR count). The van der Waals surface area contributed by atoms with Crippen molar-refractivity contribution < 1.29 is 0 Å². The molecule has 0 fully saturated rings. The Bertz CT molecular complexity index is 242. The summed E-state index contributed by atoms with van der Waals surface area (Å²) in [5.74, 6) is 4.97. The van der Waals surface area contributed by atoms with Gasteiger partial charge in [-0.1, -0.05) is 0 Å². The van der Waals surface area contributed by atoms with Gasteiger partial charge in [0.05, 0.1) is 6.20 Å². The van der Waals surface area contributed by atoms with Crippen molar-refractivity contribution in [3.05, 3.63) is 16.6 Å². The number of nitrogen functional groups attached to an aromatic ring is 2. The van der Waals surface area contributed by atoms with E-state index in [4.69, 9.17) is 11.6 Å². The standard InChI is InChI=1S/C3H5N5O/c4-2-1-6-7-8(5)3(2)9/h1H,4-5H2. The quantitative estimate of drug-likeness (QED) is 0.390. The molecule has 9 heavy (non-hydrogen) atoms. The largest absolute Gasteiger partial charge is 0.393 e. The van der Waals surface area contributed by atoms with Crippen molar-refractivity contribution in [2.24, 2.45) is 0 Å². The molecule has 0 spiro atoms. The van der Waals surface area contributed by atoms with Crippen LogP contribution in [0.15, 0.2) is 11.0 Å². The summed E-state index contributed by atoms with van der Waals surface area (Å²) < 4.78 is 0. The fraction of sp³-hybridized carbons (Fsp3) is 0. The van der Waals surface area contributed by atoms with Crippen molar-refractivity contribution in [1.82, 2.24) is 15.1 Å². The van der Waals surface area contributed by atoms with Crippen molar-refractivity contribution >= 4 is 5.69 Å². The minimum atomic E-state index is -0.537. The highest BCUT2D eigenvalue weighted by Gasteiger charge is 1.94. The van der Waals surface area contributed by atoms with Crippen LogP contribution in [0.1, 0.15) is 0 Å². The van der Waals surface area contributed by atoms with Gasteiger partial charge in [-0.3, -0.25) is 4.79 Å². The van der Waals surface area contributed by atoms with Crippen LogP contribution in [0.4, 0.5) is 5.69 Å². The molecule has 48 valence electrons. The van der Waals surface area contributed by atoms with E-state index in [0.29, 0.717) is 4.79 Å². The third kappa shape index (κ3) is 0.809. The summed E-state index contributed by atoms with van der Waals surface area (Å²) in [5.41, 5.74) is 4.56. The van der Waals surface area contributed by atoms with E-state index in [1.807, 2.05) is 0 Å². The highest BCUT2D eigenvalue weighted by Crippen LogP contribution is 1.79. The first kappa shape index (κ1) is 5.54. The molecule has 0 aliphatic carbocycles. The lowest BCUT2D eigenvalue weighted by atomic mass is 10.6. The van der Waals surface area contributed by atoms with Gasteiger partial charge in [-0.2, -0.15) is 0 Å². The maximum Gasteiger partial charge on any atom is 0.311 e. The molecule has 0 bridgehead atoms. The summed E-state index contributed by atoms with van der Waals surface area (Å²) in [7, 11) is 0. The Morgan fingerprint density at radius 1 is 1.67 bits per heavy atom. The molecule has 0 aliphatic heterocycles. The zero-order chi connectivity index (χ0) is 6.85. The number of nitrogens with two attached hydrogens (primary N) is 2. The van der Waals surface area contributed by atoms with Crippen LogP contribution in [0.5, 0.6) is 0 Å². The Kier molecular flexibility index (Phi) is 1.07. The van der Waals surface area contributed by atoms with Crippen LogP contribution in [0.2, 0.25) is 0 Å². The summed E-state index contributed by atoms with van der Waals surface area (Å²) in [6.45, 7) is 0. The summed E-state index contributed by atoms with van der Waals surface area (Å²) in [6, 6.07) is 0. The maximum atomic E-state index is 10.6. The minimum absolute atomic E-state index is 0.00694. The normalized spacial score (nSPS) is 9.33. The van der Waals surface area contributed by atoms with E-state index in [2.05, 4.69) is 10.3 Å². The van der Waals surface area contributed by atoms with Gasteiger partial charge >= 0.3 is 5.56 Å². The lowest BCUT2D eigenvalue weighted by molar-refractivity contribution is 0.686. The molecule has 6 heteroatoms. The molecule has 0 aliphatic rings. The zero-order valence-corrected chi connectivity index (χ0v) is 4.48. The van der Waals surface area contributed by atoms with Gasteiger partial charge in [-0.05, 0) is 5.21 Å². The number of aromatic nitrogens is 3. The monoisotopic (exact) mass is 127 g/mol. The molecule has 0 amide bonds. The molecule has 0 unspecified atom stereocenters. The van der Waals surface area contributed by atoms with Gasteiger partial charge < -0.3 is 11.6 Å². The van der Waals surface area contributed by atoms with Crippen LogP contribution in [0.3, 0.4) is 0 Å². The zero-order valence-electron chi connectivity index (χ0n) is 4.48. The Labute approximate surface area is 50.0 Å². The molecule has 4 N–H and O–H groups in total. The number of hydrogen-bond acceptors (Lipinski definition) is 5. The van der Waals surface area contributed by atoms with E-state index < -0.39 is 5.56 Å². The van der Waals surface area contributed by atoms with E-state index >= 15 is 0 Å². The molecule has 0 radical (unpaired) electrons. The number of nitrogens with zero attached hydrogens (tertiary/aromatic N) is 3. The number of rotatable bonds is 0. The lowest BCUT2D eigenvalue weighted by Crippen LogP contribution is -2.31. The van der Waals surface area contributed by atoms with Gasteiger partial charge in [-0.25, -0.2) is 0 Å². The lowest BCUT2D eigenvalue weighted by Gasteiger charge is -1.91. The van der Waals surface area contributed by atoms with E-state index in [0.717, 1.165) is 6.20 Å². The highest BCUT2D eigenvalue weighted by atomic mass is 16.1. The first-order chi connectivity index (χ1) is 4.22. The Hall–Kier alpha value is -1.59. The SMILES string of the molecule is Nc1cnnn(N)c1=O. The second-order valence-electron chi connectivity index (χ2n) is 1.44. The van der Waals surface area contributed by atoms with E-state index in [1.54, 1.807) is 0 Å². The molecule has 0 atom stereocenters. The van der Waals surface area contributed by atoms with Crippen molar-refractivity contribution in [2.75, 3.05) is 11.6 Å². The van der Waals surface area contributed by atoms with E-state index in [-0.39, 0.29) is 5.69 Å². The molecule has 1 heterocycles. The maximum absolute atomic E-state index is 10.6. The van der Waals surface area contributed by atoms with E-state index in [9.17, 15) is 4.79 Å². The van der Waals surface area contributed by atoms with Crippen LogP contribution >= 0.6 is 0 Å². The van der Waals surface area contributed by atoms with Crippen molar-refractivity contribution in [3.63, 3.8) is 0 Å². The van der Waals surface area contributed by atoms with Gasteiger partial charge in [0.25, 0.3) is 0 Å². The molecular weight excluding hydrogens is 122 g/mol. The van der Waals surface area contributed by atoms with Crippen LogP contribution in [-0.2, 0) is 0 Å². The molecule has 0 saturated carbocycles. The van der Waals surface area contributed by atoms with Gasteiger partial charge in [0.15, 0.2) is 0 Å². The summed E-state index contributed by atoms with van der Waals surface area (Å²) in [5, 5.41) is 6.50. The van der Waals surface area contributed by atoms with Crippen molar-refractivity contribution in [3.8, 4) is 0 Å². The minimum Gasteiger partial charge on any atom is -0.393 e. The van der Waals surface area contributed by atoms with Gasteiger partial charge in [0.1, 0.15) is 5.69 Å². The molecule has 0 aromatic carbocycles. The summed E-state index contributed by atoms with van der Waals surface area (Å²) in [6.07, 6.45) is 1.14.